The third-order valence-electron chi connectivity index (χ3n) is 2.83. The quantitative estimate of drug-likeness (QED) is 0.670. The highest BCUT2D eigenvalue weighted by Crippen LogP contribution is 2.19. The molecule has 0 unspecified atom stereocenters. The minimum atomic E-state index is -3.02. The van der Waals surface area contributed by atoms with E-state index in [0.717, 1.165) is 19.3 Å². The molecule has 0 atom stereocenters. The Balaban J connectivity index is 1.65. The van der Waals surface area contributed by atoms with Gasteiger partial charge >= 0.3 is 0 Å². The average molecular weight is 218 g/mol. The van der Waals surface area contributed by atoms with Crippen LogP contribution in [0, 0.1) is 0 Å². The van der Waals surface area contributed by atoms with E-state index in [1.165, 1.54) is 12.8 Å². The van der Waals surface area contributed by atoms with Gasteiger partial charge in [-0.15, -0.1) is 0 Å². The second-order valence-corrected chi connectivity index (χ2v) is 6.17. The molecular weight excluding hydrogens is 200 g/mol. The van der Waals surface area contributed by atoms with Gasteiger partial charge in [-0.05, 0) is 25.7 Å². The molecule has 2 N–H and O–H groups in total. The lowest BCUT2D eigenvalue weighted by atomic mass is 9.94. The number of hydrogen-bond acceptors (Lipinski definition) is 3. The monoisotopic (exact) mass is 218 g/mol. The summed E-state index contributed by atoms with van der Waals surface area (Å²) in [6.07, 6.45) is 5.59. The zero-order valence-electron chi connectivity index (χ0n) is 8.33. The summed E-state index contributed by atoms with van der Waals surface area (Å²) in [4.78, 5) is 0. The Bertz CT molecular complexity index is 281. The van der Waals surface area contributed by atoms with Crippen molar-refractivity contribution >= 4 is 10.0 Å². The summed E-state index contributed by atoms with van der Waals surface area (Å²) >= 11 is 0. The second-order valence-electron chi connectivity index (χ2n) is 4.29. The highest BCUT2D eigenvalue weighted by molar-refractivity contribution is 7.89. The second kappa shape index (κ2) is 4.16. The summed E-state index contributed by atoms with van der Waals surface area (Å²) < 4.78 is 25.7. The van der Waals surface area contributed by atoms with Crippen molar-refractivity contribution < 1.29 is 8.42 Å². The van der Waals surface area contributed by atoms with Crippen LogP contribution in [0.15, 0.2) is 0 Å². The van der Waals surface area contributed by atoms with Gasteiger partial charge in [0.25, 0.3) is 0 Å². The summed E-state index contributed by atoms with van der Waals surface area (Å²) in [5.41, 5.74) is 0. The Morgan fingerprint density at radius 3 is 2.29 bits per heavy atom. The molecule has 0 amide bonds. The van der Waals surface area contributed by atoms with E-state index in [0.29, 0.717) is 12.6 Å². The lowest BCUT2D eigenvalue weighted by Crippen LogP contribution is -2.42. The van der Waals surface area contributed by atoms with Gasteiger partial charge in [0.15, 0.2) is 0 Å². The molecule has 0 aromatic carbocycles. The lowest BCUT2D eigenvalue weighted by molar-refractivity contribution is 0.383. The van der Waals surface area contributed by atoms with Gasteiger partial charge in [-0.1, -0.05) is 6.42 Å². The van der Waals surface area contributed by atoms with Crippen LogP contribution in [0.25, 0.3) is 0 Å². The summed E-state index contributed by atoms with van der Waals surface area (Å²) in [6, 6.07) is 0.815. The van der Waals surface area contributed by atoms with Crippen LogP contribution in [0.1, 0.15) is 32.1 Å². The molecule has 4 nitrogen and oxygen atoms in total. The third kappa shape index (κ3) is 3.22. The predicted molar refractivity (Wildman–Crippen MR) is 55.6 cm³/mol. The van der Waals surface area contributed by atoms with E-state index in [2.05, 4.69) is 10.0 Å². The third-order valence-corrected chi connectivity index (χ3v) is 4.27. The van der Waals surface area contributed by atoms with Gasteiger partial charge in [0, 0.05) is 18.6 Å². The van der Waals surface area contributed by atoms with E-state index < -0.39 is 10.0 Å². The van der Waals surface area contributed by atoms with Gasteiger partial charge in [0.05, 0.1) is 5.75 Å². The van der Waals surface area contributed by atoms with Crippen molar-refractivity contribution in [3.05, 3.63) is 0 Å². The highest BCUT2D eigenvalue weighted by atomic mass is 32.2. The molecule has 0 radical (unpaired) electrons. The van der Waals surface area contributed by atoms with Crippen molar-refractivity contribution in [2.24, 2.45) is 0 Å². The van der Waals surface area contributed by atoms with Crippen LogP contribution in [0.4, 0.5) is 0 Å². The van der Waals surface area contributed by atoms with Gasteiger partial charge < -0.3 is 5.32 Å². The van der Waals surface area contributed by atoms with Crippen LogP contribution in [-0.4, -0.2) is 32.8 Å². The molecule has 0 aliphatic heterocycles. The Hall–Kier alpha value is -0.130. The highest BCUT2D eigenvalue weighted by Gasteiger charge is 2.24. The van der Waals surface area contributed by atoms with Crippen molar-refractivity contribution in [3.63, 3.8) is 0 Å². The lowest BCUT2D eigenvalue weighted by Gasteiger charge is -2.26. The first-order valence-electron chi connectivity index (χ1n) is 5.39. The van der Waals surface area contributed by atoms with E-state index in [9.17, 15) is 8.42 Å². The first-order valence-corrected chi connectivity index (χ1v) is 7.04. The van der Waals surface area contributed by atoms with Crippen molar-refractivity contribution in [1.29, 1.82) is 0 Å². The maximum Gasteiger partial charge on any atom is 0.213 e. The molecule has 0 aromatic heterocycles. The Kier molecular flexibility index (Phi) is 3.09. The fourth-order valence-electron chi connectivity index (χ4n) is 1.52. The zero-order valence-corrected chi connectivity index (χ0v) is 9.15. The van der Waals surface area contributed by atoms with Crippen LogP contribution in [-0.2, 0) is 10.0 Å². The first-order chi connectivity index (χ1) is 6.66. The van der Waals surface area contributed by atoms with Crippen molar-refractivity contribution in [2.45, 2.75) is 44.2 Å². The number of rotatable bonds is 6. The minimum Gasteiger partial charge on any atom is -0.313 e. The Morgan fingerprint density at radius 1 is 1.07 bits per heavy atom. The van der Waals surface area contributed by atoms with Crippen molar-refractivity contribution in [2.75, 3.05) is 12.3 Å². The Morgan fingerprint density at radius 2 is 1.79 bits per heavy atom. The van der Waals surface area contributed by atoms with E-state index >= 15 is 0 Å². The summed E-state index contributed by atoms with van der Waals surface area (Å²) in [6.45, 7) is 0.590. The fraction of sp³-hybridized carbons (Fsp3) is 1.00. The van der Waals surface area contributed by atoms with E-state index in [-0.39, 0.29) is 11.8 Å². The van der Waals surface area contributed by atoms with E-state index in [1.54, 1.807) is 0 Å². The van der Waals surface area contributed by atoms with Gasteiger partial charge in [0.1, 0.15) is 0 Å². The molecule has 2 aliphatic carbocycles. The molecule has 14 heavy (non-hydrogen) atoms. The minimum absolute atomic E-state index is 0.222. The van der Waals surface area contributed by atoms with E-state index in [4.69, 9.17) is 0 Å². The largest absolute Gasteiger partial charge is 0.313 e. The van der Waals surface area contributed by atoms with Gasteiger partial charge in [-0.2, -0.15) is 0 Å². The van der Waals surface area contributed by atoms with Crippen LogP contribution < -0.4 is 10.0 Å². The molecule has 0 saturated heterocycles. The molecule has 0 bridgehead atoms. The maximum absolute atomic E-state index is 11.5. The Labute approximate surface area is 85.5 Å². The number of sulfonamides is 1. The van der Waals surface area contributed by atoms with Gasteiger partial charge in [-0.3, -0.25) is 0 Å². The zero-order chi connectivity index (χ0) is 10.0. The molecule has 2 rings (SSSR count). The summed E-state index contributed by atoms with van der Waals surface area (Å²) in [5, 5.41) is 3.20. The topological polar surface area (TPSA) is 58.2 Å². The van der Waals surface area contributed by atoms with Crippen LogP contribution in [0.3, 0.4) is 0 Å². The molecule has 5 heteroatoms. The van der Waals surface area contributed by atoms with Gasteiger partial charge in [0.2, 0.25) is 10.0 Å². The fourth-order valence-corrected chi connectivity index (χ4v) is 2.77. The van der Waals surface area contributed by atoms with Crippen LogP contribution in [0.5, 0.6) is 0 Å². The molecule has 0 heterocycles. The predicted octanol–water partition coefficient (Wildman–Crippen LogP) is 0.210. The standard InChI is InChI=1S/C9H18N2O2S/c12-14(13,11-9-2-1-3-9)7-6-10-8-4-5-8/h8-11H,1-7H2. The smallest absolute Gasteiger partial charge is 0.213 e. The van der Waals surface area contributed by atoms with Crippen LogP contribution in [0.2, 0.25) is 0 Å². The molecule has 2 aliphatic rings. The number of nitrogens with one attached hydrogen (secondary N) is 2. The normalized spacial score (nSPS) is 23.4. The maximum atomic E-state index is 11.5. The molecule has 0 aromatic rings. The summed E-state index contributed by atoms with van der Waals surface area (Å²) in [7, 11) is -3.02. The molecule has 0 spiro atoms. The van der Waals surface area contributed by atoms with Crippen molar-refractivity contribution in [1.82, 2.24) is 10.0 Å². The molecule has 82 valence electrons. The first kappa shape index (κ1) is 10.4. The number of hydrogen-bond donors (Lipinski definition) is 2. The van der Waals surface area contributed by atoms with E-state index in [1.807, 2.05) is 0 Å². The molecule has 2 fully saturated rings. The van der Waals surface area contributed by atoms with Crippen LogP contribution >= 0.6 is 0 Å². The molecule has 2 saturated carbocycles. The average Bonchev–Trinajstić information content (AvgIpc) is 2.81. The SMILES string of the molecule is O=S(=O)(CCNC1CC1)NC1CCC1. The molecular formula is C9H18N2O2S. The van der Waals surface area contributed by atoms with Crippen molar-refractivity contribution in [3.8, 4) is 0 Å². The van der Waals surface area contributed by atoms with Gasteiger partial charge in [-0.25, -0.2) is 13.1 Å². The summed E-state index contributed by atoms with van der Waals surface area (Å²) in [5.74, 6) is 0.222.